The molecule has 0 radical (unpaired) electrons. The first kappa shape index (κ1) is 32.9. The van der Waals surface area contributed by atoms with Gasteiger partial charge in [0, 0.05) is 38.2 Å². The molecule has 1 aliphatic carbocycles. The van der Waals surface area contributed by atoms with Gasteiger partial charge in [-0.25, -0.2) is 4.79 Å². The highest BCUT2D eigenvalue weighted by Gasteiger charge is 2.35. The van der Waals surface area contributed by atoms with E-state index in [0.29, 0.717) is 43.2 Å². The van der Waals surface area contributed by atoms with Gasteiger partial charge >= 0.3 is 11.7 Å². The van der Waals surface area contributed by atoms with Crippen molar-refractivity contribution in [3.8, 4) is 17.4 Å². The predicted octanol–water partition coefficient (Wildman–Crippen LogP) is 5.79. The number of carboxylic acids is 1. The van der Waals surface area contributed by atoms with E-state index in [0.717, 1.165) is 48.0 Å². The molecule has 1 saturated heterocycles. The molecule has 258 valence electrons. The van der Waals surface area contributed by atoms with Crippen molar-refractivity contribution in [1.29, 1.82) is 0 Å². The molecule has 7 rings (SSSR count). The van der Waals surface area contributed by atoms with Gasteiger partial charge in [0.2, 0.25) is 17.7 Å². The number of nitrogens with one attached hydrogen (secondary N) is 1. The number of aryl methyl sites for hydroxylation is 1. The van der Waals surface area contributed by atoms with Crippen LogP contribution in [0.5, 0.6) is 11.8 Å². The number of aliphatic carboxylic acids is 1. The quantitative estimate of drug-likeness (QED) is 0.180. The lowest BCUT2D eigenvalue weighted by Gasteiger charge is -2.31. The monoisotopic (exact) mass is 675 g/mol. The number of fused-ring (bicyclic) bond motifs is 1. The second-order valence-corrected chi connectivity index (χ2v) is 13.2. The normalized spacial score (nSPS) is 19.0. The molecule has 1 aliphatic heterocycles. The molecule has 11 nitrogen and oxygen atoms in total. The van der Waals surface area contributed by atoms with Crippen LogP contribution in [0.2, 0.25) is 0 Å². The Morgan fingerprint density at radius 3 is 2.16 bits per heavy atom. The number of aromatic nitrogens is 3. The highest BCUT2D eigenvalue weighted by atomic mass is 16.5. The summed E-state index contributed by atoms with van der Waals surface area (Å²) in [6, 6.07) is 29.2. The molecule has 3 aromatic carbocycles. The minimum atomic E-state index is -0.831. The van der Waals surface area contributed by atoms with Crippen molar-refractivity contribution in [2.24, 2.45) is 18.9 Å². The highest BCUT2D eigenvalue weighted by Crippen LogP contribution is 2.34. The third kappa shape index (κ3) is 6.94. The van der Waals surface area contributed by atoms with E-state index in [1.807, 2.05) is 84.9 Å². The third-order valence-electron chi connectivity index (χ3n) is 9.86. The van der Waals surface area contributed by atoms with Gasteiger partial charge in [-0.1, -0.05) is 66.7 Å². The predicted molar refractivity (Wildman–Crippen MR) is 190 cm³/mol. The van der Waals surface area contributed by atoms with Crippen molar-refractivity contribution in [2.45, 2.75) is 51.4 Å². The van der Waals surface area contributed by atoms with E-state index in [1.54, 1.807) is 27.1 Å². The maximum atomic E-state index is 14.0. The number of benzene rings is 3. The summed E-state index contributed by atoms with van der Waals surface area (Å²) in [5.74, 6) is -0.653. The van der Waals surface area contributed by atoms with E-state index in [2.05, 4.69) is 5.32 Å². The SMILES string of the molecule is Cn1c(=O)n(-c2ccc(OCc3ccccc3)nc2OCc2ccccc2)c2cccc(N[C@H]3CC[C@H](C(=O)N4CC[C@@H](C(=O)O)C4)CC3)c21. The van der Waals surface area contributed by atoms with Crippen LogP contribution in [0.15, 0.2) is 95.8 Å². The molecule has 5 aromatic rings. The van der Waals surface area contributed by atoms with E-state index in [-0.39, 0.29) is 36.0 Å². The molecule has 50 heavy (non-hydrogen) atoms. The summed E-state index contributed by atoms with van der Waals surface area (Å²) in [7, 11) is 1.76. The van der Waals surface area contributed by atoms with Gasteiger partial charge in [-0.2, -0.15) is 4.98 Å². The maximum absolute atomic E-state index is 14.0. The van der Waals surface area contributed by atoms with Gasteiger partial charge in [0.25, 0.3) is 0 Å². The molecule has 2 aliphatic rings. The van der Waals surface area contributed by atoms with Gasteiger partial charge in [0.1, 0.15) is 18.9 Å². The van der Waals surface area contributed by atoms with Crippen LogP contribution in [0.1, 0.15) is 43.2 Å². The summed E-state index contributed by atoms with van der Waals surface area (Å²) in [4.78, 5) is 45.0. The first-order valence-corrected chi connectivity index (χ1v) is 17.2. The van der Waals surface area contributed by atoms with Gasteiger partial charge in [0.15, 0.2) is 0 Å². The number of nitrogens with zero attached hydrogens (tertiary/aromatic N) is 4. The Labute approximate surface area is 290 Å². The summed E-state index contributed by atoms with van der Waals surface area (Å²) in [6.07, 6.45) is 3.57. The van der Waals surface area contributed by atoms with E-state index in [9.17, 15) is 19.5 Å². The number of para-hydroxylation sites is 1. The molecular formula is C39H41N5O6. The van der Waals surface area contributed by atoms with Gasteiger partial charge in [-0.3, -0.25) is 18.7 Å². The van der Waals surface area contributed by atoms with Gasteiger partial charge in [-0.05, 0) is 61.4 Å². The zero-order valence-corrected chi connectivity index (χ0v) is 28.0. The molecule has 1 saturated carbocycles. The lowest BCUT2D eigenvalue weighted by molar-refractivity contribution is -0.141. The minimum absolute atomic E-state index is 0.0733. The van der Waals surface area contributed by atoms with Crippen molar-refractivity contribution in [3.05, 3.63) is 113 Å². The van der Waals surface area contributed by atoms with Gasteiger partial charge < -0.3 is 24.8 Å². The average molecular weight is 676 g/mol. The third-order valence-corrected chi connectivity index (χ3v) is 9.86. The standard InChI is InChI=1S/C39H41N5O6/c1-42-35-31(40-30-17-15-28(16-18-30)37(45)43-22-21-29(23-43)38(46)47)13-8-14-32(35)44(39(42)48)33-19-20-34(49-24-26-9-4-2-5-10-26)41-36(33)50-25-27-11-6-3-7-12-27/h2-14,19-20,28-30,40H,15-18,21-25H2,1H3,(H,46,47)/t28-,29-,30-/m1/s1. The van der Waals surface area contributed by atoms with Crippen molar-refractivity contribution >= 4 is 28.6 Å². The number of amides is 1. The van der Waals surface area contributed by atoms with E-state index < -0.39 is 11.9 Å². The molecule has 11 heteroatoms. The fourth-order valence-corrected chi connectivity index (χ4v) is 7.12. The summed E-state index contributed by atoms with van der Waals surface area (Å²) < 4.78 is 15.6. The number of imidazole rings is 1. The summed E-state index contributed by atoms with van der Waals surface area (Å²) >= 11 is 0. The van der Waals surface area contributed by atoms with Crippen LogP contribution in [-0.4, -0.2) is 55.1 Å². The molecule has 2 N–H and O–H groups in total. The second kappa shape index (κ2) is 14.5. The van der Waals surface area contributed by atoms with Crippen LogP contribution in [0.3, 0.4) is 0 Å². The Balaban J connectivity index is 1.12. The number of likely N-dealkylation sites (tertiary alicyclic amines) is 1. The zero-order chi connectivity index (χ0) is 34.6. The molecule has 0 bridgehead atoms. The van der Waals surface area contributed by atoms with Crippen molar-refractivity contribution in [2.75, 3.05) is 18.4 Å². The Morgan fingerprint density at radius 1 is 0.820 bits per heavy atom. The Hall–Kier alpha value is -5.58. The summed E-state index contributed by atoms with van der Waals surface area (Å²) in [5.41, 5.74) is 4.54. The number of carbonyl (C=O) groups is 2. The number of hydrogen-bond donors (Lipinski definition) is 2. The van der Waals surface area contributed by atoms with Crippen LogP contribution >= 0.6 is 0 Å². The van der Waals surface area contributed by atoms with Crippen molar-refractivity contribution in [1.82, 2.24) is 19.0 Å². The molecule has 0 unspecified atom stereocenters. The fraction of sp³-hybridized carbons (Fsp3) is 0.333. The van der Waals surface area contributed by atoms with E-state index in [4.69, 9.17) is 14.5 Å². The first-order valence-electron chi connectivity index (χ1n) is 17.2. The number of rotatable bonds is 11. The smallest absolute Gasteiger partial charge is 0.333 e. The average Bonchev–Trinajstić information content (AvgIpc) is 3.75. The molecular weight excluding hydrogens is 634 g/mol. The highest BCUT2D eigenvalue weighted by molar-refractivity contribution is 5.90. The van der Waals surface area contributed by atoms with Gasteiger partial charge in [-0.15, -0.1) is 0 Å². The summed E-state index contributed by atoms with van der Waals surface area (Å²) in [6.45, 7) is 1.42. The van der Waals surface area contributed by atoms with Crippen LogP contribution in [-0.2, 0) is 29.9 Å². The van der Waals surface area contributed by atoms with E-state index >= 15 is 0 Å². The number of pyridine rings is 1. The second-order valence-electron chi connectivity index (χ2n) is 13.2. The molecule has 1 atom stereocenters. The van der Waals surface area contributed by atoms with Crippen LogP contribution in [0.25, 0.3) is 16.7 Å². The first-order chi connectivity index (χ1) is 24.4. The molecule has 0 spiro atoms. The number of carbonyl (C=O) groups excluding carboxylic acids is 1. The molecule has 3 heterocycles. The Kier molecular flexibility index (Phi) is 9.55. The zero-order valence-electron chi connectivity index (χ0n) is 28.0. The van der Waals surface area contributed by atoms with Crippen LogP contribution in [0, 0.1) is 11.8 Å². The molecule has 1 amide bonds. The molecule has 2 aromatic heterocycles. The van der Waals surface area contributed by atoms with E-state index in [1.165, 1.54) is 0 Å². The van der Waals surface area contributed by atoms with Gasteiger partial charge in [0.05, 0.1) is 22.6 Å². The number of hydrogen-bond acceptors (Lipinski definition) is 7. The maximum Gasteiger partial charge on any atom is 0.333 e. The Morgan fingerprint density at radius 2 is 1.50 bits per heavy atom. The van der Waals surface area contributed by atoms with Crippen LogP contribution in [0.4, 0.5) is 5.69 Å². The van der Waals surface area contributed by atoms with Crippen molar-refractivity contribution < 1.29 is 24.2 Å². The van der Waals surface area contributed by atoms with Crippen LogP contribution < -0.4 is 20.5 Å². The lowest BCUT2D eigenvalue weighted by Crippen LogP contribution is -2.38. The number of carboxylic acid groups (broad SMARTS) is 1. The Bertz CT molecular complexity index is 2040. The number of ether oxygens (including phenoxy) is 2. The largest absolute Gasteiger partial charge is 0.481 e. The number of anilines is 1. The molecule has 2 fully saturated rings. The van der Waals surface area contributed by atoms with Crippen molar-refractivity contribution in [3.63, 3.8) is 0 Å². The minimum Gasteiger partial charge on any atom is -0.481 e. The lowest BCUT2D eigenvalue weighted by atomic mass is 9.85. The topological polar surface area (TPSA) is 128 Å². The fourth-order valence-electron chi connectivity index (χ4n) is 7.12. The summed E-state index contributed by atoms with van der Waals surface area (Å²) in [5, 5.41) is 13.0.